The normalized spacial score (nSPS) is 22.9. The third-order valence-corrected chi connectivity index (χ3v) is 5.70. The Morgan fingerprint density at radius 2 is 1.84 bits per heavy atom. The summed E-state index contributed by atoms with van der Waals surface area (Å²) in [6.07, 6.45) is 13.1. The molecular weight excluding hydrogens is 315 g/mol. The molecule has 3 heteroatoms. The van der Waals surface area contributed by atoms with Crippen molar-refractivity contribution in [1.82, 2.24) is 0 Å². The smallest absolute Gasteiger partial charge is 0.126 e. The monoisotopic (exact) mass is 352 g/mol. The van der Waals surface area contributed by atoms with Gasteiger partial charge >= 0.3 is 0 Å². The van der Waals surface area contributed by atoms with Gasteiger partial charge in [-0.1, -0.05) is 44.4 Å². The number of hydrogen-bond acceptors (Lipinski definition) is 2. The van der Waals surface area contributed by atoms with Gasteiger partial charge in [0.15, 0.2) is 0 Å². The molecule has 0 amide bonds. The zero-order valence-corrected chi connectivity index (χ0v) is 16.1. The molecule has 0 atom stereocenters. The second-order valence-electron chi connectivity index (χ2n) is 7.60. The minimum atomic E-state index is -0.213. The van der Waals surface area contributed by atoms with Crippen LogP contribution in [0.15, 0.2) is 35.7 Å². The fourth-order valence-corrected chi connectivity index (χ4v) is 3.73. The van der Waals surface area contributed by atoms with Gasteiger partial charge in [0, 0.05) is 19.1 Å². The van der Waals surface area contributed by atoms with Gasteiger partial charge in [0.2, 0.25) is 0 Å². The van der Waals surface area contributed by atoms with Gasteiger partial charge in [-0.05, 0) is 68.9 Å². The molecule has 0 aromatic carbocycles. The van der Waals surface area contributed by atoms with Gasteiger partial charge in [-0.3, -0.25) is 0 Å². The number of unbranched alkanes of at least 4 members (excludes halogenated alkanes) is 1. The minimum absolute atomic E-state index is 0.0708. The van der Waals surface area contributed by atoms with Gasteiger partial charge in [0.05, 0.1) is 0 Å². The van der Waals surface area contributed by atoms with E-state index in [1.54, 1.807) is 12.2 Å². The quantitative estimate of drug-likeness (QED) is 0.467. The van der Waals surface area contributed by atoms with E-state index in [0.717, 1.165) is 11.5 Å². The van der Waals surface area contributed by atoms with Crippen molar-refractivity contribution >= 4 is 0 Å². The van der Waals surface area contributed by atoms with Crippen LogP contribution in [0.5, 0.6) is 0 Å². The van der Waals surface area contributed by atoms with Crippen molar-refractivity contribution in [1.29, 1.82) is 0 Å². The first kappa shape index (κ1) is 22.1. The second kappa shape index (κ2) is 12.4. The first-order valence-corrected chi connectivity index (χ1v) is 9.96. The van der Waals surface area contributed by atoms with E-state index in [-0.39, 0.29) is 25.0 Å². The van der Waals surface area contributed by atoms with Crippen LogP contribution >= 0.6 is 0 Å². The predicted molar refractivity (Wildman–Crippen MR) is 104 cm³/mol. The molecular formula is C22H37FO2. The highest BCUT2D eigenvalue weighted by atomic mass is 19.1. The van der Waals surface area contributed by atoms with Gasteiger partial charge in [-0.2, -0.15) is 0 Å². The fraction of sp³-hybridized carbons (Fsp3) is 0.727. The molecule has 0 aromatic heterocycles. The Hall–Kier alpha value is -0.930. The van der Waals surface area contributed by atoms with Crippen molar-refractivity contribution < 1.29 is 14.6 Å². The lowest BCUT2D eigenvalue weighted by Gasteiger charge is -2.29. The fourth-order valence-electron chi connectivity index (χ4n) is 3.73. The molecule has 0 spiro atoms. The first-order valence-electron chi connectivity index (χ1n) is 9.96. The summed E-state index contributed by atoms with van der Waals surface area (Å²) in [5.74, 6) is 0.959. The van der Waals surface area contributed by atoms with Crippen molar-refractivity contribution in [3.8, 4) is 0 Å². The first-order chi connectivity index (χ1) is 12.0. The lowest BCUT2D eigenvalue weighted by Crippen LogP contribution is -2.15. The van der Waals surface area contributed by atoms with Crippen LogP contribution in [0.2, 0.25) is 0 Å². The summed E-state index contributed by atoms with van der Waals surface area (Å²) in [5, 5.41) is 18.3. The van der Waals surface area contributed by atoms with Gasteiger partial charge in [-0.15, -0.1) is 0 Å². The Morgan fingerprint density at radius 1 is 1.20 bits per heavy atom. The summed E-state index contributed by atoms with van der Waals surface area (Å²) >= 11 is 0. The molecule has 0 aliphatic heterocycles. The average Bonchev–Trinajstić information content (AvgIpc) is 2.64. The number of aliphatic hydroxyl groups is 2. The van der Waals surface area contributed by atoms with Gasteiger partial charge in [0.25, 0.3) is 0 Å². The van der Waals surface area contributed by atoms with E-state index in [2.05, 4.69) is 13.5 Å². The van der Waals surface area contributed by atoms with E-state index in [4.69, 9.17) is 10.2 Å². The lowest BCUT2D eigenvalue weighted by molar-refractivity contribution is 0.144. The summed E-state index contributed by atoms with van der Waals surface area (Å²) in [6.45, 7) is 7.86. The van der Waals surface area contributed by atoms with E-state index in [9.17, 15) is 4.39 Å². The second-order valence-corrected chi connectivity index (χ2v) is 7.60. The Balaban J connectivity index is 2.61. The third kappa shape index (κ3) is 7.87. The Morgan fingerprint density at radius 3 is 2.36 bits per heavy atom. The van der Waals surface area contributed by atoms with Crippen molar-refractivity contribution in [2.75, 3.05) is 13.2 Å². The van der Waals surface area contributed by atoms with Crippen molar-refractivity contribution in [3.63, 3.8) is 0 Å². The maximum Gasteiger partial charge on any atom is 0.126 e. The number of rotatable bonds is 11. The maximum absolute atomic E-state index is 14.6. The van der Waals surface area contributed by atoms with Crippen LogP contribution in [0.4, 0.5) is 4.39 Å². The highest BCUT2D eigenvalue weighted by molar-refractivity contribution is 5.30. The summed E-state index contributed by atoms with van der Waals surface area (Å²) < 4.78 is 14.6. The molecule has 2 nitrogen and oxygen atoms in total. The summed E-state index contributed by atoms with van der Waals surface area (Å²) in [6, 6.07) is 0. The van der Waals surface area contributed by atoms with E-state index >= 15 is 0 Å². The van der Waals surface area contributed by atoms with Crippen molar-refractivity contribution in [2.24, 2.45) is 17.8 Å². The molecule has 0 aromatic rings. The van der Waals surface area contributed by atoms with Gasteiger partial charge in [0.1, 0.15) is 5.83 Å². The number of aliphatic hydroxyl groups excluding tert-OH is 2. The molecule has 0 radical (unpaired) electrons. The Kier molecular flexibility index (Phi) is 11.0. The number of halogens is 1. The largest absolute Gasteiger partial charge is 0.396 e. The zero-order chi connectivity index (χ0) is 18.7. The van der Waals surface area contributed by atoms with E-state index in [1.165, 1.54) is 44.9 Å². The van der Waals surface area contributed by atoms with Crippen LogP contribution in [0, 0.1) is 17.8 Å². The molecule has 0 saturated heterocycles. The molecule has 1 rings (SSSR count). The molecule has 2 N–H and O–H groups in total. The van der Waals surface area contributed by atoms with E-state index < -0.39 is 0 Å². The standard InChI is InChI=1S/C22H37FO2/c1-4-6-7-18-8-12-21(13-9-18)17(3)14-22(23)20(5-2)11-10-19(15-24)16-25/h5,14,18-19,21,24-25H,2,4,6-13,15-16H2,1,3H3/b17-14+,22-20-. The molecule has 1 aliphatic carbocycles. The SMILES string of the molecule is C=C/C(CCC(CO)CO)=C(F)\C=C(/C)C1CCC(CCCC)CC1. The maximum atomic E-state index is 14.6. The average molecular weight is 353 g/mol. The van der Waals surface area contributed by atoms with Crippen LogP contribution in [-0.2, 0) is 0 Å². The van der Waals surface area contributed by atoms with Crippen molar-refractivity contribution in [2.45, 2.75) is 71.6 Å². The summed E-state index contributed by atoms with van der Waals surface area (Å²) in [4.78, 5) is 0. The van der Waals surface area contributed by atoms with Crippen LogP contribution in [0.1, 0.15) is 71.6 Å². The predicted octanol–water partition coefficient (Wildman–Crippen LogP) is 5.72. The van der Waals surface area contributed by atoms with Crippen LogP contribution in [0.25, 0.3) is 0 Å². The topological polar surface area (TPSA) is 40.5 Å². The Labute approximate surface area is 153 Å². The summed E-state index contributed by atoms with van der Waals surface area (Å²) in [5.41, 5.74) is 1.70. The van der Waals surface area contributed by atoms with Crippen LogP contribution in [-0.4, -0.2) is 23.4 Å². The lowest BCUT2D eigenvalue weighted by atomic mass is 9.77. The molecule has 1 fully saturated rings. The van der Waals surface area contributed by atoms with Crippen LogP contribution < -0.4 is 0 Å². The molecule has 1 aliphatic rings. The van der Waals surface area contributed by atoms with E-state index in [0.29, 0.717) is 24.3 Å². The highest BCUT2D eigenvalue weighted by Crippen LogP contribution is 2.36. The van der Waals surface area contributed by atoms with Gasteiger partial charge in [-0.25, -0.2) is 4.39 Å². The molecule has 1 saturated carbocycles. The van der Waals surface area contributed by atoms with Crippen molar-refractivity contribution in [3.05, 3.63) is 35.7 Å². The zero-order valence-electron chi connectivity index (χ0n) is 16.1. The molecule has 0 heterocycles. The molecule has 0 bridgehead atoms. The number of allylic oxidation sites excluding steroid dienone is 5. The molecule has 25 heavy (non-hydrogen) atoms. The molecule has 144 valence electrons. The minimum Gasteiger partial charge on any atom is -0.396 e. The number of hydrogen-bond donors (Lipinski definition) is 2. The van der Waals surface area contributed by atoms with E-state index in [1.807, 2.05) is 6.92 Å². The summed E-state index contributed by atoms with van der Waals surface area (Å²) in [7, 11) is 0. The van der Waals surface area contributed by atoms with Crippen LogP contribution in [0.3, 0.4) is 0 Å². The third-order valence-electron chi connectivity index (χ3n) is 5.70. The molecule has 0 unspecified atom stereocenters. The Bertz CT molecular complexity index is 441. The highest BCUT2D eigenvalue weighted by Gasteiger charge is 2.22. The van der Waals surface area contributed by atoms with Gasteiger partial charge < -0.3 is 10.2 Å².